The van der Waals surface area contributed by atoms with E-state index in [-0.39, 0.29) is 0 Å². The topological polar surface area (TPSA) is 9.86 Å². The van der Waals surface area contributed by atoms with Crippen LogP contribution in [0.15, 0.2) is 182 Å². The predicted octanol–water partition coefficient (Wildman–Crippen LogP) is 12.4. The van der Waals surface area contributed by atoms with Gasteiger partial charge in [-0.15, -0.1) is 0 Å². The summed E-state index contributed by atoms with van der Waals surface area (Å²) in [6.45, 7) is 0. The molecule has 0 unspecified atom stereocenters. The Morgan fingerprint density at radius 2 is 0.708 bits per heavy atom. The summed E-state index contributed by atoms with van der Waals surface area (Å²) in [7, 11) is 0. The number of aromatic nitrogens is 2. The number of para-hydroxylation sites is 3. The molecule has 0 spiro atoms. The maximum atomic E-state index is 2.51. The van der Waals surface area contributed by atoms with Crippen LogP contribution in [0.5, 0.6) is 0 Å². The van der Waals surface area contributed by atoms with E-state index in [1.165, 1.54) is 76.6 Å². The first-order chi connectivity index (χ1) is 23.8. The van der Waals surface area contributed by atoms with E-state index in [0.717, 1.165) is 11.4 Å². The smallest absolute Gasteiger partial charge is 0.0647 e. The Hall–Kier alpha value is -6.38. The highest BCUT2D eigenvalue weighted by molar-refractivity contribution is 6.36. The largest absolute Gasteiger partial charge is 0.309 e. The van der Waals surface area contributed by atoms with Gasteiger partial charge in [-0.05, 0) is 70.1 Å². The number of hydrogen-bond acceptors (Lipinski definition) is 0. The number of benzene rings is 8. The Morgan fingerprint density at radius 3 is 1.29 bits per heavy atom. The standard InChI is InChI=1S/C46H30N2/c1-4-16-31(17-5-1)33-28-34(32-18-6-2-7-19-32)30-36(29-33)48-42-27-15-13-25-40(42)44-45(48)38-23-11-10-22-37(38)43-39-24-12-14-26-41(39)47(46(43)44)35-20-8-3-9-21-35/h1-30H. The molecule has 8 aromatic carbocycles. The molecule has 0 aliphatic rings. The van der Waals surface area contributed by atoms with E-state index >= 15 is 0 Å². The molecule has 10 rings (SSSR count). The third-order valence-electron chi connectivity index (χ3n) is 9.84. The number of rotatable bonds is 4. The molecular formula is C46H30N2. The molecule has 2 nitrogen and oxygen atoms in total. The zero-order chi connectivity index (χ0) is 31.6. The molecule has 10 aromatic rings. The van der Waals surface area contributed by atoms with Crippen LogP contribution in [0, 0.1) is 0 Å². The molecule has 0 radical (unpaired) electrons. The van der Waals surface area contributed by atoms with Crippen LogP contribution in [0.25, 0.3) is 88.0 Å². The van der Waals surface area contributed by atoms with Crippen molar-refractivity contribution in [1.82, 2.24) is 9.13 Å². The monoisotopic (exact) mass is 610 g/mol. The summed E-state index contributed by atoms with van der Waals surface area (Å²) in [6, 6.07) is 66.1. The first-order valence-electron chi connectivity index (χ1n) is 16.5. The SMILES string of the molecule is c1ccc(-c2cc(-c3ccccc3)cc(-n3c4ccccc4c4c3c3ccccc3c3c5ccccc5n(-c5ccccc5)c34)c2)cc1. The Balaban J connectivity index is 1.44. The van der Waals surface area contributed by atoms with E-state index < -0.39 is 0 Å². The minimum absolute atomic E-state index is 1.15. The fraction of sp³-hybridized carbons (Fsp3) is 0. The Kier molecular flexibility index (Phi) is 5.91. The molecule has 0 bridgehead atoms. The summed E-state index contributed by atoms with van der Waals surface area (Å²) in [5.41, 5.74) is 12.0. The van der Waals surface area contributed by atoms with Gasteiger partial charge in [0.05, 0.1) is 22.1 Å². The van der Waals surface area contributed by atoms with Crippen molar-refractivity contribution in [2.75, 3.05) is 0 Å². The summed E-state index contributed by atoms with van der Waals surface area (Å²) in [4.78, 5) is 0. The van der Waals surface area contributed by atoms with Gasteiger partial charge in [0.15, 0.2) is 0 Å². The average molecular weight is 611 g/mol. The van der Waals surface area contributed by atoms with E-state index in [2.05, 4.69) is 191 Å². The van der Waals surface area contributed by atoms with Gasteiger partial charge in [0.25, 0.3) is 0 Å². The molecule has 0 atom stereocenters. The molecule has 0 aliphatic carbocycles. The van der Waals surface area contributed by atoms with Crippen molar-refractivity contribution in [2.24, 2.45) is 0 Å². The minimum atomic E-state index is 1.15. The second-order valence-corrected chi connectivity index (χ2v) is 12.5. The highest BCUT2D eigenvalue weighted by Crippen LogP contribution is 2.47. The maximum Gasteiger partial charge on any atom is 0.0647 e. The van der Waals surface area contributed by atoms with Crippen molar-refractivity contribution in [3.63, 3.8) is 0 Å². The van der Waals surface area contributed by atoms with Gasteiger partial charge < -0.3 is 9.13 Å². The highest BCUT2D eigenvalue weighted by atomic mass is 15.0. The molecule has 2 aromatic heterocycles. The molecule has 0 N–H and O–H groups in total. The lowest BCUT2D eigenvalue weighted by Gasteiger charge is -2.16. The van der Waals surface area contributed by atoms with Crippen LogP contribution in [-0.2, 0) is 0 Å². The van der Waals surface area contributed by atoms with Gasteiger partial charge in [-0.1, -0.05) is 140 Å². The summed E-state index contributed by atoms with van der Waals surface area (Å²) in [6.07, 6.45) is 0. The normalized spacial score (nSPS) is 11.8. The van der Waals surface area contributed by atoms with Crippen LogP contribution in [-0.4, -0.2) is 9.13 Å². The average Bonchev–Trinajstić information content (AvgIpc) is 3.70. The molecule has 2 heterocycles. The summed E-state index contributed by atoms with van der Waals surface area (Å²) in [5, 5.41) is 7.59. The third kappa shape index (κ3) is 3.93. The molecule has 0 saturated carbocycles. The fourth-order valence-electron chi connectivity index (χ4n) is 7.84. The van der Waals surface area contributed by atoms with Crippen LogP contribution in [0.3, 0.4) is 0 Å². The number of hydrogen-bond donors (Lipinski definition) is 0. The quantitative estimate of drug-likeness (QED) is 0.188. The van der Waals surface area contributed by atoms with E-state index in [9.17, 15) is 0 Å². The first kappa shape index (κ1) is 26.8. The Morgan fingerprint density at radius 1 is 0.271 bits per heavy atom. The van der Waals surface area contributed by atoms with Gasteiger partial charge in [-0.2, -0.15) is 0 Å². The first-order valence-corrected chi connectivity index (χ1v) is 16.5. The molecule has 2 heteroatoms. The van der Waals surface area contributed by atoms with Gasteiger partial charge in [-0.25, -0.2) is 0 Å². The van der Waals surface area contributed by atoms with Crippen LogP contribution in [0.1, 0.15) is 0 Å². The molecular weight excluding hydrogens is 581 g/mol. The van der Waals surface area contributed by atoms with Gasteiger partial charge in [-0.3, -0.25) is 0 Å². The van der Waals surface area contributed by atoms with E-state index in [0.29, 0.717) is 0 Å². The van der Waals surface area contributed by atoms with Crippen molar-refractivity contribution < 1.29 is 0 Å². The number of nitrogens with zero attached hydrogens (tertiary/aromatic N) is 2. The maximum absolute atomic E-state index is 2.51. The molecule has 224 valence electrons. The fourth-order valence-corrected chi connectivity index (χ4v) is 7.84. The second-order valence-electron chi connectivity index (χ2n) is 12.5. The van der Waals surface area contributed by atoms with E-state index in [1.807, 2.05) is 0 Å². The number of fused-ring (bicyclic) bond motifs is 10. The lowest BCUT2D eigenvalue weighted by Crippen LogP contribution is -1.97. The van der Waals surface area contributed by atoms with Crippen LogP contribution >= 0.6 is 0 Å². The zero-order valence-electron chi connectivity index (χ0n) is 26.2. The molecule has 0 fully saturated rings. The Bertz CT molecular complexity index is 2750. The van der Waals surface area contributed by atoms with Crippen molar-refractivity contribution in [2.45, 2.75) is 0 Å². The molecule has 48 heavy (non-hydrogen) atoms. The molecule has 0 saturated heterocycles. The van der Waals surface area contributed by atoms with Crippen LogP contribution < -0.4 is 0 Å². The highest BCUT2D eigenvalue weighted by Gasteiger charge is 2.24. The van der Waals surface area contributed by atoms with Crippen LogP contribution in [0.4, 0.5) is 0 Å². The van der Waals surface area contributed by atoms with Crippen molar-refractivity contribution >= 4 is 54.4 Å². The van der Waals surface area contributed by atoms with Crippen molar-refractivity contribution in [3.05, 3.63) is 182 Å². The lowest BCUT2D eigenvalue weighted by molar-refractivity contribution is 1.18. The van der Waals surface area contributed by atoms with Crippen molar-refractivity contribution in [1.29, 1.82) is 0 Å². The molecule has 0 amide bonds. The van der Waals surface area contributed by atoms with E-state index in [4.69, 9.17) is 0 Å². The van der Waals surface area contributed by atoms with Crippen LogP contribution in [0.2, 0.25) is 0 Å². The Labute approximate surface area is 278 Å². The van der Waals surface area contributed by atoms with Gasteiger partial charge >= 0.3 is 0 Å². The van der Waals surface area contributed by atoms with Gasteiger partial charge in [0, 0.05) is 38.3 Å². The van der Waals surface area contributed by atoms with Gasteiger partial charge in [0.2, 0.25) is 0 Å². The zero-order valence-corrected chi connectivity index (χ0v) is 26.2. The van der Waals surface area contributed by atoms with Gasteiger partial charge in [0.1, 0.15) is 0 Å². The molecule has 0 aliphatic heterocycles. The van der Waals surface area contributed by atoms with Crippen molar-refractivity contribution in [3.8, 4) is 33.6 Å². The third-order valence-corrected chi connectivity index (χ3v) is 9.84. The summed E-state index contributed by atoms with van der Waals surface area (Å²) in [5.74, 6) is 0. The second kappa shape index (κ2) is 10.6. The lowest BCUT2D eigenvalue weighted by atomic mass is 9.97. The minimum Gasteiger partial charge on any atom is -0.309 e. The van der Waals surface area contributed by atoms with E-state index in [1.54, 1.807) is 0 Å². The summed E-state index contributed by atoms with van der Waals surface area (Å²) < 4.78 is 4.99. The predicted molar refractivity (Wildman–Crippen MR) is 203 cm³/mol. The summed E-state index contributed by atoms with van der Waals surface area (Å²) >= 11 is 0.